The minimum Gasteiger partial charge on any atom is -0.496 e. The van der Waals surface area contributed by atoms with E-state index in [1.54, 1.807) is 26.6 Å². The minimum atomic E-state index is -0.942. The van der Waals surface area contributed by atoms with Crippen LogP contribution in [-0.4, -0.2) is 55.2 Å². The summed E-state index contributed by atoms with van der Waals surface area (Å²) in [6.45, 7) is 4.52. The molecule has 1 N–H and O–H groups in total. The van der Waals surface area contributed by atoms with Gasteiger partial charge in [0, 0.05) is 51.1 Å². The lowest BCUT2D eigenvalue weighted by Gasteiger charge is -2.41. The smallest absolute Gasteiger partial charge is 0.253 e. The lowest BCUT2D eigenvalue weighted by atomic mass is 9.90. The average molecular weight is 446 g/mol. The molecule has 172 valence electrons. The van der Waals surface area contributed by atoms with Gasteiger partial charge in [-0.15, -0.1) is 0 Å². The molecule has 4 rings (SSSR count). The Morgan fingerprint density at radius 3 is 2.55 bits per heavy atom. The number of amides is 1. The summed E-state index contributed by atoms with van der Waals surface area (Å²) >= 11 is 0. The molecule has 2 aromatic carbocycles. The summed E-state index contributed by atoms with van der Waals surface area (Å²) in [6, 6.07) is 18.5. The van der Waals surface area contributed by atoms with Crippen molar-refractivity contribution < 1.29 is 14.3 Å². The monoisotopic (exact) mass is 445 g/mol. The van der Waals surface area contributed by atoms with Gasteiger partial charge in [0.05, 0.1) is 13.7 Å². The third-order valence-corrected chi connectivity index (χ3v) is 6.25. The van der Waals surface area contributed by atoms with Crippen molar-refractivity contribution in [2.75, 3.05) is 33.9 Å². The van der Waals surface area contributed by atoms with Crippen LogP contribution in [0.3, 0.4) is 0 Å². The third kappa shape index (κ3) is 5.07. The van der Waals surface area contributed by atoms with Crippen LogP contribution in [0.4, 0.5) is 0 Å². The van der Waals surface area contributed by atoms with Crippen LogP contribution in [0.2, 0.25) is 0 Å². The van der Waals surface area contributed by atoms with Gasteiger partial charge in [0.15, 0.2) is 5.60 Å². The molecule has 1 saturated heterocycles. The number of rotatable bonds is 7. The molecular formula is C27H31N3O3. The van der Waals surface area contributed by atoms with Crippen LogP contribution in [0, 0.1) is 6.92 Å². The van der Waals surface area contributed by atoms with Crippen molar-refractivity contribution in [3.05, 3.63) is 83.7 Å². The zero-order chi connectivity index (χ0) is 23.3. The van der Waals surface area contributed by atoms with Crippen LogP contribution in [0.1, 0.15) is 16.7 Å². The van der Waals surface area contributed by atoms with Crippen LogP contribution in [0.15, 0.2) is 67.0 Å². The number of ether oxygens (including phenoxy) is 2. The van der Waals surface area contributed by atoms with Gasteiger partial charge < -0.3 is 14.8 Å². The van der Waals surface area contributed by atoms with E-state index in [2.05, 4.69) is 45.5 Å². The van der Waals surface area contributed by atoms with Gasteiger partial charge in [-0.3, -0.25) is 14.7 Å². The molecule has 0 saturated carbocycles. The number of pyridine rings is 1. The summed E-state index contributed by atoms with van der Waals surface area (Å²) in [6.07, 6.45) is 4.08. The van der Waals surface area contributed by atoms with Gasteiger partial charge in [0.2, 0.25) is 0 Å². The fourth-order valence-corrected chi connectivity index (χ4v) is 4.60. The second-order valence-corrected chi connectivity index (χ2v) is 8.51. The Hall–Kier alpha value is -3.22. The van der Waals surface area contributed by atoms with E-state index in [1.807, 2.05) is 31.2 Å². The fraction of sp³-hybridized carbons (Fsp3) is 0.333. The molecule has 6 heteroatoms. The number of carbonyl (C=O) groups is 1. The predicted molar refractivity (Wildman–Crippen MR) is 129 cm³/mol. The molecule has 1 fully saturated rings. The molecule has 1 amide bonds. The van der Waals surface area contributed by atoms with Gasteiger partial charge >= 0.3 is 0 Å². The topological polar surface area (TPSA) is 63.7 Å². The first kappa shape index (κ1) is 23.0. The van der Waals surface area contributed by atoms with Crippen LogP contribution in [-0.2, 0) is 22.5 Å². The van der Waals surface area contributed by atoms with E-state index in [-0.39, 0.29) is 5.91 Å². The molecule has 1 unspecified atom stereocenters. The first-order valence-corrected chi connectivity index (χ1v) is 11.2. The number of hydrogen-bond donors (Lipinski definition) is 1. The standard InChI is InChI=1S/C27H31N3O3/c1-20-5-4-6-24(25(20)32-3)18-30-15-16-33-27(19-30,26(31)28-2)17-21-7-9-22(10-8-21)23-11-13-29-14-12-23/h4-14H,15-19H2,1-3H3,(H,28,31). The lowest BCUT2D eigenvalue weighted by Crippen LogP contribution is -2.60. The van der Waals surface area contributed by atoms with Crippen molar-refractivity contribution in [2.45, 2.75) is 25.5 Å². The number of likely N-dealkylation sites (N-methyl/N-ethyl adjacent to an activating group) is 1. The average Bonchev–Trinajstić information content (AvgIpc) is 2.85. The fourth-order valence-electron chi connectivity index (χ4n) is 4.60. The summed E-state index contributed by atoms with van der Waals surface area (Å²) in [5.41, 5.74) is 4.58. The molecule has 0 aliphatic carbocycles. The molecule has 2 heterocycles. The molecule has 1 atom stereocenters. The van der Waals surface area contributed by atoms with Crippen LogP contribution >= 0.6 is 0 Å². The highest BCUT2D eigenvalue weighted by molar-refractivity contribution is 5.86. The van der Waals surface area contributed by atoms with E-state index in [0.29, 0.717) is 26.1 Å². The third-order valence-electron chi connectivity index (χ3n) is 6.25. The SMILES string of the molecule is CNC(=O)C1(Cc2ccc(-c3ccncc3)cc2)CN(Cc2cccc(C)c2OC)CCO1. The second kappa shape index (κ2) is 10.1. The molecule has 1 aromatic heterocycles. The number of carbonyl (C=O) groups excluding carboxylic acids is 1. The van der Waals surface area contributed by atoms with Crippen molar-refractivity contribution in [1.82, 2.24) is 15.2 Å². The number of morpholine rings is 1. The normalized spacial score (nSPS) is 18.6. The quantitative estimate of drug-likeness (QED) is 0.602. The Bertz CT molecular complexity index is 1090. The molecule has 33 heavy (non-hydrogen) atoms. The maximum atomic E-state index is 13.1. The molecular weight excluding hydrogens is 414 g/mol. The van der Waals surface area contributed by atoms with Gasteiger partial charge in [-0.2, -0.15) is 0 Å². The molecule has 0 bridgehead atoms. The summed E-state index contributed by atoms with van der Waals surface area (Å²) < 4.78 is 11.8. The second-order valence-electron chi connectivity index (χ2n) is 8.51. The largest absolute Gasteiger partial charge is 0.496 e. The van der Waals surface area contributed by atoms with Crippen molar-refractivity contribution in [3.8, 4) is 16.9 Å². The highest BCUT2D eigenvalue weighted by Gasteiger charge is 2.43. The zero-order valence-corrected chi connectivity index (χ0v) is 19.5. The van der Waals surface area contributed by atoms with Gasteiger partial charge in [0.25, 0.3) is 5.91 Å². The number of nitrogens with one attached hydrogen (secondary N) is 1. The first-order valence-electron chi connectivity index (χ1n) is 11.2. The molecule has 1 aliphatic rings. The lowest BCUT2D eigenvalue weighted by molar-refractivity contribution is -0.160. The first-order chi connectivity index (χ1) is 16.0. The van der Waals surface area contributed by atoms with Gasteiger partial charge in [0.1, 0.15) is 5.75 Å². The maximum absolute atomic E-state index is 13.1. The van der Waals surface area contributed by atoms with E-state index < -0.39 is 5.60 Å². The Morgan fingerprint density at radius 1 is 1.12 bits per heavy atom. The minimum absolute atomic E-state index is 0.0957. The number of para-hydroxylation sites is 1. The van der Waals surface area contributed by atoms with E-state index in [9.17, 15) is 4.79 Å². The van der Waals surface area contributed by atoms with Gasteiger partial charge in [-0.25, -0.2) is 0 Å². The van der Waals surface area contributed by atoms with Crippen LogP contribution < -0.4 is 10.1 Å². The van der Waals surface area contributed by atoms with Crippen molar-refractivity contribution >= 4 is 5.91 Å². The van der Waals surface area contributed by atoms with Gasteiger partial charge in [-0.05, 0) is 41.3 Å². The number of hydrogen-bond acceptors (Lipinski definition) is 5. The van der Waals surface area contributed by atoms with E-state index in [4.69, 9.17) is 9.47 Å². The van der Waals surface area contributed by atoms with Crippen molar-refractivity contribution in [2.24, 2.45) is 0 Å². The summed E-state index contributed by atoms with van der Waals surface area (Å²) in [5, 5.41) is 2.83. The maximum Gasteiger partial charge on any atom is 0.253 e. The van der Waals surface area contributed by atoms with E-state index in [0.717, 1.165) is 40.1 Å². The Labute approximate surface area is 195 Å². The van der Waals surface area contributed by atoms with Crippen molar-refractivity contribution in [1.29, 1.82) is 0 Å². The zero-order valence-electron chi connectivity index (χ0n) is 19.5. The highest BCUT2D eigenvalue weighted by Crippen LogP contribution is 2.29. The number of nitrogens with zero attached hydrogens (tertiary/aromatic N) is 2. The predicted octanol–water partition coefficient (Wildman–Crippen LogP) is 3.63. The van der Waals surface area contributed by atoms with Gasteiger partial charge in [-0.1, -0.05) is 42.5 Å². The summed E-state index contributed by atoms with van der Waals surface area (Å²) in [7, 11) is 3.37. The molecule has 1 aliphatic heterocycles. The molecule has 6 nitrogen and oxygen atoms in total. The summed E-state index contributed by atoms with van der Waals surface area (Å²) in [5.74, 6) is 0.808. The number of benzene rings is 2. The number of methoxy groups -OCH3 is 1. The molecule has 0 radical (unpaired) electrons. The Kier molecular flexibility index (Phi) is 7.06. The Balaban J connectivity index is 1.55. The van der Waals surface area contributed by atoms with Crippen molar-refractivity contribution in [3.63, 3.8) is 0 Å². The number of aryl methyl sites for hydroxylation is 1. The van der Waals surface area contributed by atoms with Crippen LogP contribution in [0.25, 0.3) is 11.1 Å². The molecule has 3 aromatic rings. The van der Waals surface area contributed by atoms with E-state index >= 15 is 0 Å². The molecule has 0 spiro atoms. The summed E-state index contributed by atoms with van der Waals surface area (Å²) in [4.78, 5) is 19.4. The van der Waals surface area contributed by atoms with E-state index in [1.165, 1.54) is 0 Å². The Morgan fingerprint density at radius 2 is 1.85 bits per heavy atom. The highest BCUT2D eigenvalue weighted by atomic mass is 16.5. The number of aromatic nitrogens is 1. The van der Waals surface area contributed by atoms with Crippen LogP contribution in [0.5, 0.6) is 5.75 Å².